The fourth-order valence-corrected chi connectivity index (χ4v) is 1.72. The van der Waals surface area contributed by atoms with E-state index in [4.69, 9.17) is 16.3 Å². The first-order chi connectivity index (χ1) is 8.83. The lowest BCUT2D eigenvalue weighted by atomic mass is 10.3. The summed E-state index contributed by atoms with van der Waals surface area (Å²) in [5.74, 6) is 1.47. The van der Waals surface area contributed by atoms with Crippen LogP contribution in [0.4, 0.5) is 0 Å². The van der Waals surface area contributed by atoms with Crippen LogP contribution in [0, 0.1) is 0 Å². The third-order valence-electron chi connectivity index (χ3n) is 2.45. The van der Waals surface area contributed by atoms with Gasteiger partial charge in [0, 0.05) is 6.07 Å². The van der Waals surface area contributed by atoms with Crippen LogP contribution in [0.1, 0.15) is 5.82 Å². The molecule has 5 nitrogen and oxygen atoms in total. The number of hydrogen-bond acceptors (Lipinski definition) is 4. The van der Waals surface area contributed by atoms with Crippen LogP contribution in [-0.2, 0) is 6.61 Å². The average molecular weight is 261 g/mol. The lowest BCUT2D eigenvalue weighted by molar-refractivity contribution is 0.294. The second kappa shape index (κ2) is 4.62. The number of rotatable bonds is 3. The van der Waals surface area contributed by atoms with Gasteiger partial charge < -0.3 is 4.74 Å². The molecule has 0 saturated heterocycles. The van der Waals surface area contributed by atoms with Crippen LogP contribution >= 0.6 is 11.6 Å². The summed E-state index contributed by atoms with van der Waals surface area (Å²) >= 11 is 5.78. The number of halogens is 1. The minimum atomic E-state index is 0.328. The summed E-state index contributed by atoms with van der Waals surface area (Å²) in [7, 11) is 0. The minimum Gasteiger partial charge on any atom is -0.486 e. The third kappa shape index (κ3) is 2.12. The zero-order valence-corrected chi connectivity index (χ0v) is 10.1. The smallest absolute Gasteiger partial charge is 0.176 e. The first kappa shape index (κ1) is 11.0. The van der Waals surface area contributed by atoms with Crippen molar-refractivity contribution in [3.63, 3.8) is 0 Å². The van der Waals surface area contributed by atoms with Gasteiger partial charge in [0.15, 0.2) is 11.5 Å². The van der Waals surface area contributed by atoms with Crippen LogP contribution in [-0.4, -0.2) is 19.6 Å². The fourth-order valence-electron chi connectivity index (χ4n) is 1.58. The number of nitrogens with zero attached hydrogens (tertiary/aromatic N) is 4. The van der Waals surface area contributed by atoms with Gasteiger partial charge in [-0.1, -0.05) is 29.8 Å². The van der Waals surface area contributed by atoms with E-state index in [1.165, 1.54) is 0 Å². The molecule has 2 aromatic heterocycles. The molecular weight excluding hydrogens is 252 g/mol. The zero-order valence-electron chi connectivity index (χ0n) is 9.32. The SMILES string of the molecule is Clc1cc2nnc(COc3ccccc3)n2cn1. The molecule has 18 heavy (non-hydrogen) atoms. The van der Waals surface area contributed by atoms with Crippen LogP contribution < -0.4 is 4.74 Å². The monoisotopic (exact) mass is 260 g/mol. The van der Waals surface area contributed by atoms with Gasteiger partial charge >= 0.3 is 0 Å². The van der Waals surface area contributed by atoms with Gasteiger partial charge in [-0.2, -0.15) is 0 Å². The maximum absolute atomic E-state index is 5.78. The topological polar surface area (TPSA) is 52.3 Å². The number of ether oxygens (including phenoxy) is 1. The predicted molar refractivity (Wildman–Crippen MR) is 66.6 cm³/mol. The maximum atomic E-state index is 5.78. The summed E-state index contributed by atoms with van der Waals surface area (Å²) in [5, 5.41) is 8.44. The molecule has 0 spiro atoms. The van der Waals surface area contributed by atoms with Crippen molar-refractivity contribution < 1.29 is 4.74 Å². The molecule has 0 amide bonds. The summed E-state index contributed by atoms with van der Waals surface area (Å²) in [5.41, 5.74) is 0.654. The molecule has 0 N–H and O–H groups in total. The van der Waals surface area contributed by atoms with Gasteiger partial charge in [0.1, 0.15) is 23.8 Å². The van der Waals surface area contributed by atoms with Crippen molar-refractivity contribution in [3.8, 4) is 5.75 Å². The Morgan fingerprint density at radius 3 is 2.83 bits per heavy atom. The molecule has 0 aliphatic rings. The summed E-state index contributed by atoms with van der Waals surface area (Å²) in [6, 6.07) is 11.2. The van der Waals surface area contributed by atoms with Crippen molar-refractivity contribution in [2.24, 2.45) is 0 Å². The Morgan fingerprint density at radius 2 is 2.00 bits per heavy atom. The molecule has 3 aromatic rings. The van der Waals surface area contributed by atoms with Crippen molar-refractivity contribution in [2.75, 3.05) is 0 Å². The van der Waals surface area contributed by atoms with Crippen molar-refractivity contribution in [2.45, 2.75) is 6.61 Å². The van der Waals surface area contributed by atoms with Gasteiger partial charge in [0.2, 0.25) is 0 Å². The highest BCUT2D eigenvalue weighted by molar-refractivity contribution is 6.29. The highest BCUT2D eigenvalue weighted by atomic mass is 35.5. The van der Waals surface area contributed by atoms with Crippen LogP contribution in [0.15, 0.2) is 42.7 Å². The summed E-state index contributed by atoms with van der Waals surface area (Å²) in [6.45, 7) is 0.328. The average Bonchev–Trinajstić information content (AvgIpc) is 2.80. The molecule has 0 aliphatic heterocycles. The van der Waals surface area contributed by atoms with Gasteiger partial charge in [-0.15, -0.1) is 10.2 Å². The molecule has 6 heteroatoms. The standard InChI is InChI=1S/C12H9ClN4O/c13-10-6-11-15-16-12(17(11)8-14-10)7-18-9-4-2-1-3-5-9/h1-6,8H,7H2. The quantitative estimate of drug-likeness (QED) is 0.679. The molecule has 1 aromatic carbocycles. The van der Waals surface area contributed by atoms with Crippen molar-refractivity contribution in [1.82, 2.24) is 19.6 Å². The number of benzene rings is 1. The molecule has 0 unspecified atom stereocenters. The maximum Gasteiger partial charge on any atom is 0.176 e. The lowest BCUT2D eigenvalue weighted by Crippen LogP contribution is -2.01. The number of para-hydroxylation sites is 1. The molecule has 0 radical (unpaired) electrons. The first-order valence-electron chi connectivity index (χ1n) is 5.36. The van der Waals surface area contributed by atoms with E-state index in [1.54, 1.807) is 16.8 Å². The Bertz CT molecular complexity index is 668. The number of aromatic nitrogens is 4. The summed E-state index contributed by atoms with van der Waals surface area (Å²) in [4.78, 5) is 3.99. The van der Waals surface area contributed by atoms with Crippen LogP contribution in [0.3, 0.4) is 0 Å². The van der Waals surface area contributed by atoms with E-state index in [-0.39, 0.29) is 0 Å². The van der Waals surface area contributed by atoms with E-state index < -0.39 is 0 Å². The number of hydrogen-bond donors (Lipinski definition) is 0. The number of fused-ring (bicyclic) bond motifs is 1. The molecule has 0 saturated carbocycles. The molecule has 2 heterocycles. The van der Waals surface area contributed by atoms with Crippen molar-refractivity contribution in [1.29, 1.82) is 0 Å². The fraction of sp³-hybridized carbons (Fsp3) is 0.0833. The minimum absolute atomic E-state index is 0.328. The highest BCUT2D eigenvalue weighted by Crippen LogP contribution is 2.12. The Morgan fingerprint density at radius 1 is 1.17 bits per heavy atom. The molecule has 0 fully saturated rings. The normalized spacial score (nSPS) is 10.7. The molecular formula is C12H9ClN4O. The highest BCUT2D eigenvalue weighted by Gasteiger charge is 2.06. The second-order valence-corrected chi connectivity index (χ2v) is 4.05. The lowest BCUT2D eigenvalue weighted by Gasteiger charge is -2.04. The van der Waals surface area contributed by atoms with E-state index in [2.05, 4.69) is 15.2 Å². The van der Waals surface area contributed by atoms with Gasteiger partial charge in [0.25, 0.3) is 0 Å². The molecule has 90 valence electrons. The van der Waals surface area contributed by atoms with Gasteiger partial charge in [-0.3, -0.25) is 4.40 Å². The van der Waals surface area contributed by atoms with Crippen molar-refractivity contribution in [3.05, 3.63) is 53.7 Å². The Kier molecular flexibility index (Phi) is 2.82. The van der Waals surface area contributed by atoms with Crippen LogP contribution in [0.25, 0.3) is 5.65 Å². The molecule has 3 rings (SSSR count). The summed E-state index contributed by atoms with van der Waals surface area (Å²) in [6.07, 6.45) is 1.58. The molecule has 0 atom stereocenters. The molecule has 0 aliphatic carbocycles. The zero-order chi connectivity index (χ0) is 12.4. The summed E-state index contributed by atoms with van der Waals surface area (Å²) < 4.78 is 7.35. The van der Waals surface area contributed by atoms with E-state index in [0.717, 1.165) is 5.75 Å². The van der Waals surface area contributed by atoms with E-state index in [0.29, 0.717) is 23.2 Å². The largest absolute Gasteiger partial charge is 0.486 e. The second-order valence-electron chi connectivity index (χ2n) is 3.66. The molecule has 0 bridgehead atoms. The van der Waals surface area contributed by atoms with Crippen LogP contribution in [0.2, 0.25) is 5.15 Å². The van der Waals surface area contributed by atoms with Gasteiger partial charge in [-0.25, -0.2) is 4.98 Å². The van der Waals surface area contributed by atoms with Gasteiger partial charge in [-0.05, 0) is 12.1 Å². The van der Waals surface area contributed by atoms with Crippen molar-refractivity contribution >= 4 is 17.2 Å². The Hall–Kier alpha value is -2.14. The Labute approximate surface area is 108 Å². The first-order valence-corrected chi connectivity index (χ1v) is 5.74. The Balaban J connectivity index is 1.83. The third-order valence-corrected chi connectivity index (χ3v) is 2.66. The van der Waals surface area contributed by atoms with Crippen LogP contribution in [0.5, 0.6) is 5.75 Å². The van der Waals surface area contributed by atoms with E-state index in [9.17, 15) is 0 Å². The van der Waals surface area contributed by atoms with E-state index in [1.807, 2.05) is 30.3 Å². The predicted octanol–water partition coefficient (Wildman–Crippen LogP) is 2.36. The van der Waals surface area contributed by atoms with Gasteiger partial charge in [0.05, 0.1) is 0 Å². The van der Waals surface area contributed by atoms with E-state index >= 15 is 0 Å².